The van der Waals surface area contributed by atoms with Gasteiger partial charge in [-0.1, -0.05) is 6.92 Å². The summed E-state index contributed by atoms with van der Waals surface area (Å²) in [6, 6.07) is -1.67. The molecular formula is C12H21N3O4. The third kappa shape index (κ3) is 4.11. The number of hydrogen-bond donors (Lipinski definition) is 3. The minimum absolute atomic E-state index is 0.0526. The summed E-state index contributed by atoms with van der Waals surface area (Å²) in [5.74, 6) is -1.64. The molecule has 108 valence electrons. The molecule has 7 heteroatoms. The Labute approximate surface area is 112 Å². The summed E-state index contributed by atoms with van der Waals surface area (Å²) in [5, 5.41) is 11.3. The average Bonchev–Trinajstić information content (AvgIpc) is 2.31. The van der Waals surface area contributed by atoms with Crippen LogP contribution in [0.3, 0.4) is 0 Å². The number of nitrogens with one attached hydrogen (secondary N) is 1. The first kappa shape index (κ1) is 15.3. The fourth-order valence-corrected chi connectivity index (χ4v) is 2.26. The third-order valence-corrected chi connectivity index (χ3v) is 3.64. The molecule has 3 amide bonds. The zero-order valence-electron chi connectivity index (χ0n) is 11.3. The van der Waals surface area contributed by atoms with Gasteiger partial charge in [-0.15, -0.1) is 0 Å². The lowest BCUT2D eigenvalue weighted by atomic mass is 9.92. The van der Waals surface area contributed by atoms with Crippen LogP contribution < -0.4 is 11.1 Å². The molecule has 0 aromatic rings. The van der Waals surface area contributed by atoms with E-state index in [9.17, 15) is 14.4 Å². The number of piperidine rings is 1. The molecule has 0 aromatic carbocycles. The van der Waals surface area contributed by atoms with Gasteiger partial charge >= 0.3 is 12.0 Å². The van der Waals surface area contributed by atoms with Crippen LogP contribution in [0, 0.1) is 5.92 Å². The number of rotatable bonds is 4. The largest absolute Gasteiger partial charge is 0.480 e. The van der Waals surface area contributed by atoms with Crippen LogP contribution >= 0.6 is 0 Å². The van der Waals surface area contributed by atoms with E-state index in [0.717, 1.165) is 12.8 Å². The van der Waals surface area contributed by atoms with Crippen molar-refractivity contribution < 1.29 is 19.5 Å². The Morgan fingerprint density at radius 2 is 2.05 bits per heavy atom. The molecular weight excluding hydrogens is 250 g/mol. The number of nitrogens with zero attached hydrogens (tertiary/aromatic N) is 1. The first-order valence-corrected chi connectivity index (χ1v) is 6.41. The van der Waals surface area contributed by atoms with E-state index in [1.807, 2.05) is 6.92 Å². The average molecular weight is 271 g/mol. The standard InChI is InChI=1S/C12H21N3O4/c1-7-4-3-5-15(8(7)2)12(19)14-9(11(17)18)6-10(13)16/h7-9H,3-6H2,1-2H3,(H2,13,16)(H,14,19)(H,17,18)/t7?,8?,9-/m1/s1. The molecule has 19 heavy (non-hydrogen) atoms. The van der Waals surface area contributed by atoms with Gasteiger partial charge in [-0.3, -0.25) is 4.79 Å². The molecule has 3 atom stereocenters. The molecule has 1 rings (SSSR count). The topological polar surface area (TPSA) is 113 Å². The number of likely N-dealkylation sites (tertiary alicyclic amines) is 1. The van der Waals surface area contributed by atoms with Crippen molar-refractivity contribution in [2.75, 3.05) is 6.54 Å². The summed E-state index contributed by atoms with van der Waals surface area (Å²) in [6.45, 7) is 4.59. The highest BCUT2D eigenvalue weighted by molar-refractivity contribution is 5.87. The number of carbonyl (C=O) groups is 3. The number of hydrogen-bond acceptors (Lipinski definition) is 3. The van der Waals surface area contributed by atoms with Gasteiger partial charge in [0.1, 0.15) is 6.04 Å². The van der Waals surface area contributed by atoms with Crippen molar-refractivity contribution in [2.45, 2.75) is 45.2 Å². The van der Waals surface area contributed by atoms with Gasteiger partial charge in [0.25, 0.3) is 0 Å². The molecule has 1 aliphatic heterocycles. The maximum Gasteiger partial charge on any atom is 0.326 e. The monoisotopic (exact) mass is 271 g/mol. The molecule has 2 unspecified atom stereocenters. The number of amides is 3. The fraction of sp³-hybridized carbons (Fsp3) is 0.750. The van der Waals surface area contributed by atoms with Crippen LogP contribution in [0.2, 0.25) is 0 Å². The minimum Gasteiger partial charge on any atom is -0.480 e. The van der Waals surface area contributed by atoms with Crippen molar-refractivity contribution in [1.29, 1.82) is 0 Å². The zero-order chi connectivity index (χ0) is 14.6. The predicted octanol–water partition coefficient (Wildman–Crippen LogP) is 0.145. The summed E-state index contributed by atoms with van der Waals surface area (Å²) in [5.41, 5.74) is 4.97. The van der Waals surface area contributed by atoms with Gasteiger partial charge in [0, 0.05) is 12.6 Å². The summed E-state index contributed by atoms with van der Waals surface area (Å²) >= 11 is 0. The molecule has 0 aromatic heterocycles. The lowest BCUT2D eigenvalue weighted by molar-refractivity contribution is -0.141. The second-order valence-electron chi connectivity index (χ2n) is 5.06. The lowest BCUT2D eigenvalue weighted by Gasteiger charge is -2.38. The Morgan fingerprint density at radius 1 is 1.42 bits per heavy atom. The summed E-state index contributed by atoms with van der Waals surface area (Å²) in [7, 11) is 0. The Kier molecular flexibility index (Phi) is 5.14. The smallest absolute Gasteiger partial charge is 0.326 e. The van der Waals surface area contributed by atoms with Gasteiger partial charge in [0.2, 0.25) is 5.91 Å². The van der Waals surface area contributed by atoms with Crippen LogP contribution in [0.25, 0.3) is 0 Å². The van der Waals surface area contributed by atoms with Crippen molar-refractivity contribution in [3.05, 3.63) is 0 Å². The third-order valence-electron chi connectivity index (χ3n) is 3.64. The number of carbonyl (C=O) groups excluding carboxylic acids is 2. The van der Waals surface area contributed by atoms with Crippen molar-refractivity contribution in [3.8, 4) is 0 Å². The van der Waals surface area contributed by atoms with Crippen molar-refractivity contribution >= 4 is 17.9 Å². The van der Waals surface area contributed by atoms with E-state index in [2.05, 4.69) is 12.2 Å². The molecule has 1 fully saturated rings. The molecule has 0 radical (unpaired) electrons. The van der Waals surface area contributed by atoms with Gasteiger partial charge in [-0.05, 0) is 25.7 Å². The van der Waals surface area contributed by atoms with Gasteiger partial charge in [-0.2, -0.15) is 0 Å². The molecule has 4 N–H and O–H groups in total. The molecule has 0 spiro atoms. The second-order valence-corrected chi connectivity index (χ2v) is 5.06. The van der Waals surface area contributed by atoms with E-state index < -0.39 is 30.4 Å². The van der Waals surface area contributed by atoms with E-state index in [4.69, 9.17) is 10.8 Å². The number of carboxylic acid groups (broad SMARTS) is 1. The quantitative estimate of drug-likeness (QED) is 0.675. The normalized spacial score (nSPS) is 24.6. The van der Waals surface area contributed by atoms with E-state index in [0.29, 0.717) is 12.5 Å². The van der Waals surface area contributed by atoms with Crippen molar-refractivity contribution in [3.63, 3.8) is 0 Å². The molecule has 7 nitrogen and oxygen atoms in total. The summed E-state index contributed by atoms with van der Waals surface area (Å²) < 4.78 is 0. The maximum atomic E-state index is 12.0. The summed E-state index contributed by atoms with van der Waals surface area (Å²) in [4.78, 5) is 35.4. The number of primary amides is 1. The molecule has 1 heterocycles. The van der Waals surface area contributed by atoms with E-state index >= 15 is 0 Å². The number of nitrogens with two attached hydrogens (primary N) is 1. The highest BCUT2D eigenvalue weighted by Gasteiger charge is 2.31. The van der Waals surface area contributed by atoms with Crippen LogP contribution in [0.15, 0.2) is 0 Å². The van der Waals surface area contributed by atoms with E-state index in [-0.39, 0.29) is 6.04 Å². The van der Waals surface area contributed by atoms with E-state index in [1.54, 1.807) is 4.90 Å². The Bertz CT molecular complexity index is 372. The predicted molar refractivity (Wildman–Crippen MR) is 68.3 cm³/mol. The minimum atomic E-state index is -1.27. The zero-order valence-corrected chi connectivity index (χ0v) is 11.3. The van der Waals surface area contributed by atoms with Crippen LogP contribution in [0.1, 0.15) is 33.1 Å². The number of carboxylic acids is 1. The second kappa shape index (κ2) is 6.40. The fourth-order valence-electron chi connectivity index (χ4n) is 2.26. The first-order chi connectivity index (χ1) is 8.82. The number of aliphatic carboxylic acids is 1. The lowest BCUT2D eigenvalue weighted by Crippen LogP contribution is -2.54. The molecule has 0 saturated carbocycles. The molecule has 1 aliphatic rings. The van der Waals surface area contributed by atoms with E-state index in [1.165, 1.54) is 0 Å². The van der Waals surface area contributed by atoms with Gasteiger partial charge < -0.3 is 21.1 Å². The van der Waals surface area contributed by atoms with Crippen molar-refractivity contribution in [2.24, 2.45) is 11.7 Å². The Morgan fingerprint density at radius 3 is 2.58 bits per heavy atom. The highest BCUT2D eigenvalue weighted by atomic mass is 16.4. The maximum absolute atomic E-state index is 12.0. The van der Waals surface area contributed by atoms with Crippen LogP contribution in [0.4, 0.5) is 4.79 Å². The molecule has 1 saturated heterocycles. The summed E-state index contributed by atoms with van der Waals surface area (Å²) in [6.07, 6.45) is 1.54. The van der Waals surface area contributed by atoms with Gasteiger partial charge in [0.15, 0.2) is 0 Å². The Balaban J connectivity index is 2.65. The molecule has 0 aliphatic carbocycles. The highest BCUT2D eigenvalue weighted by Crippen LogP contribution is 2.22. The van der Waals surface area contributed by atoms with Gasteiger partial charge in [0.05, 0.1) is 6.42 Å². The number of urea groups is 1. The first-order valence-electron chi connectivity index (χ1n) is 6.41. The Hall–Kier alpha value is -1.79. The van der Waals surface area contributed by atoms with Crippen molar-refractivity contribution in [1.82, 2.24) is 10.2 Å². The van der Waals surface area contributed by atoms with Gasteiger partial charge in [-0.25, -0.2) is 9.59 Å². The van der Waals surface area contributed by atoms with Crippen LogP contribution in [0.5, 0.6) is 0 Å². The SMILES string of the molecule is CC1CCCN(C(=O)N[C@H](CC(N)=O)C(=O)O)C1C. The van der Waals surface area contributed by atoms with Crippen LogP contribution in [-0.2, 0) is 9.59 Å². The van der Waals surface area contributed by atoms with Crippen LogP contribution in [-0.4, -0.2) is 46.5 Å². The molecule has 0 bridgehead atoms.